The van der Waals surface area contributed by atoms with Crippen molar-refractivity contribution in [3.05, 3.63) is 59.8 Å². The predicted octanol–water partition coefficient (Wildman–Crippen LogP) is 3.95. The van der Waals surface area contributed by atoms with E-state index >= 15 is 0 Å². The number of allylic oxidation sites excluding steroid dienone is 9. The first-order chi connectivity index (χ1) is 6.20. The van der Waals surface area contributed by atoms with E-state index in [4.69, 9.17) is 0 Å². The van der Waals surface area contributed by atoms with Crippen molar-refractivity contribution in [1.82, 2.24) is 0 Å². The fourth-order valence-corrected chi connectivity index (χ4v) is 1.20. The molecule has 0 saturated heterocycles. The summed E-state index contributed by atoms with van der Waals surface area (Å²) in [5.41, 5.74) is 3.83. The van der Waals surface area contributed by atoms with Gasteiger partial charge in [-0.15, -0.1) is 0 Å². The molecule has 0 saturated carbocycles. The van der Waals surface area contributed by atoms with Crippen LogP contribution in [-0.4, -0.2) is 0 Å². The smallest absolute Gasteiger partial charge is 0.00917 e. The second kappa shape index (κ2) is 4.66. The van der Waals surface area contributed by atoms with Gasteiger partial charge in [0, 0.05) is 0 Å². The summed E-state index contributed by atoms with van der Waals surface area (Å²) in [5, 5.41) is 0. The third-order valence-electron chi connectivity index (χ3n) is 2.00. The van der Waals surface area contributed by atoms with Gasteiger partial charge >= 0.3 is 0 Å². The summed E-state index contributed by atoms with van der Waals surface area (Å²) in [6, 6.07) is 0. The number of hydrogen-bond acceptors (Lipinski definition) is 0. The molecule has 0 nitrogen and oxygen atoms in total. The maximum atomic E-state index is 3.81. The highest BCUT2D eigenvalue weighted by Gasteiger charge is 1.98. The normalized spacial score (nSPS) is 19.5. The van der Waals surface area contributed by atoms with Crippen molar-refractivity contribution in [3.8, 4) is 0 Å². The molecular weight excluding hydrogens is 156 g/mol. The number of rotatable bonds is 2. The molecule has 0 fully saturated rings. The second-order valence-electron chi connectivity index (χ2n) is 3.38. The van der Waals surface area contributed by atoms with Crippen LogP contribution in [0.4, 0.5) is 0 Å². The van der Waals surface area contributed by atoms with E-state index in [1.807, 2.05) is 13.0 Å². The van der Waals surface area contributed by atoms with Crippen molar-refractivity contribution >= 4 is 0 Å². The van der Waals surface area contributed by atoms with Crippen molar-refractivity contribution in [2.75, 3.05) is 0 Å². The van der Waals surface area contributed by atoms with Crippen molar-refractivity contribution in [3.63, 3.8) is 0 Å². The van der Waals surface area contributed by atoms with Crippen LogP contribution in [0.2, 0.25) is 0 Å². The lowest BCUT2D eigenvalue weighted by atomic mass is 9.99. The monoisotopic (exact) mass is 172 g/mol. The van der Waals surface area contributed by atoms with Crippen molar-refractivity contribution in [2.45, 2.75) is 20.3 Å². The molecule has 1 aliphatic rings. The summed E-state index contributed by atoms with van der Waals surface area (Å²) in [7, 11) is 0. The van der Waals surface area contributed by atoms with Crippen LogP contribution in [0.5, 0.6) is 0 Å². The molecule has 0 N–H and O–H groups in total. The van der Waals surface area contributed by atoms with Gasteiger partial charge in [0.05, 0.1) is 0 Å². The summed E-state index contributed by atoms with van der Waals surface area (Å²) in [4.78, 5) is 0. The van der Waals surface area contributed by atoms with Crippen molar-refractivity contribution in [1.29, 1.82) is 0 Å². The molecule has 0 aromatic heterocycles. The van der Waals surface area contributed by atoms with E-state index in [0.717, 1.165) is 12.0 Å². The van der Waals surface area contributed by atoms with Crippen LogP contribution < -0.4 is 0 Å². The highest BCUT2D eigenvalue weighted by Crippen LogP contribution is 2.18. The van der Waals surface area contributed by atoms with Crippen LogP contribution in [0.25, 0.3) is 0 Å². The van der Waals surface area contributed by atoms with E-state index in [2.05, 4.69) is 43.9 Å². The third kappa shape index (κ3) is 3.29. The third-order valence-corrected chi connectivity index (χ3v) is 2.00. The van der Waals surface area contributed by atoms with Gasteiger partial charge in [0.15, 0.2) is 0 Å². The van der Waals surface area contributed by atoms with Crippen molar-refractivity contribution < 1.29 is 0 Å². The van der Waals surface area contributed by atoms with E-state index in [1.165, 1.54) is 11.1 Å². The zero-order chi connectivity index (χ0) is 9.68. The topological polar surface area (TPSA) is 0 Å². The molecule has 0 amide bonds. The van der Waals surface area contributed by atoms with Gasteiger partial charge in [-0.25, -0.2) is 0 Å². The molecule has 1 rings (SSSR count). The zero-order valence-corrected chi connectivity index (χ0v) is 8.38. The van der Waals surface area contributed by atoms with Gasteiger partial charge in [-0.2, -0.15) is 0 Å². The Labute approximate surface area is 80.7 Å². The lowest BCUT2D eigenvalue weighted by Crippen LogP contribution is -1.87. The molecule has 68 valence electrons. The van der Waals surface area contributed by atoms with E-state index in [1.54, 1.807) is 0 Å². The summed E-state index contributed by atoms with van der Waals surface area (Å²) >= 11 is 0. The van der Waals surface area contributed by atoms with Crippen LogP contribution in [0.15, 0.2) is 59.8 Å². The van der Waals surface area contributed by atoms with E-state index in [0.29, 0.717) is 0 Å². The SMILES string of the molecule is C=C(C)C=CC=C1CC=CC=C1C. The molecule has 0 atom stereocenters. The largest absolute Gasteiger partial charge is 0.0961 e. The predicted molar refractivity (Wildman–Crippen MR) is 59.6 cm³/mol. The summed E-state index contributed by atoms with van der Waals surface area (Å²) in [6.07, 6.45) is 13.7. The van der Waals surface area contributed by atoms with Crippen LogP contribution >= 0.6 is 0 Å². The minimum atomic E-state index is 1.04. The first-order valence-corrected chi connectivity index (χ1v) is 4.56. The number of hydrogen-bond donors (Lipinski definition) is 0. The van der Waals surface area contributed by atoms with Crippen LogP contribution in [-0.2, 0) is 0 Å². The molecule has 0 bridgehead atoms. The Hall–Kier alpha value is -1.30. The molecule has 0 aromatic rings. The molecule has 0 heteroatoms. The van der Waals surface area contributed by atoms with E-state index < -0.39 is 0 Å². The lowest BCUT2D eigenvalue weighted by molar-refractivity contribution is 1.18. The lowest BCUT2D eigenvalue weighted by Gasteiger charge is -2.07. The summed E-state index contributed by atoms with van der Waals surface area (Å²) in [5.74, 6) is 0. The van der Waals surface area contributed by atoms with Gasteiger partial charge in [-0.05, 0) is 31.4 Å². The van der Waals surface area contributed by atoms with Crippen LogP contribution in [0, 0.1) is 0 Å². The fourth-order valence-electron chi connectivity index (χ4n) is 1.20. The summed E-state index contributed by atoms with van der Waals surface area (Å²) in [6.45, 7) is 7.95. The Kier molecular flexibility index (Phi) is 3.51. The molecule has 0 aromatic carbocycles. The molecule has 0 radical (unpaired) electrons. The van der Waals surface area contributed by atoms with Gasteiger partial charge in [0.2, 0.25) is 0 Å². The molecule has 0 unspecified atom stereocenters. The Balaban J connectivity index is 2.67. The van der Waals surface area contributed by atoms with Gasteiger partial charge in [-0.3, -0.25) is 0 Å². The Morgan fingerprint density at radius 2 is 2.31 bits per heavy atom. The minimum absolute atomic E-state index is 1.04. The molecule has 0 heterocycles. The first kappa shape index (κ1) is 9.79. The van der Waals surface area contributed by atoms with Gasteiger partial charge in [-0.1, -0.05) is 48.6 Å². The highest BCUT2D eigenvalue weighted by molar-refractivity contribution is 5.40. The quantitative estimate of drug-likeness (QED) is 0.553. The van der Waals surface area contributed by atoms with E-state index in [-0.39, 0.29) is 0 Å². The standard InChI is InChI=1S/C13H16/c1-11(2)7-6-10-13-9-5-4-8-12(13)3/h4-8,10H,1,9H2,2-3H3. The highest BCUT2D eigenvalue weighted by atomic mass is 14.0. The fraction of sp³-hybridized carbons (Fsp3) is 0.231. The van der Waals surface area contributed by atoms with Crippen molar-refractivity contribution in [2.24, 2.45) is 0 Å². The maximum Gasteiger partial charge on any atom is -0.00917 e. The molecule has 1 aliphatic carbocycles. The Bertz CT molecular complexity index is 309. The van der Waals surface area contributed by atoms with Crippen LogP contribution in [0.1, 0.15) is 20.3 Å². The molecule has 13 heavy (non-hydrogen) atoms. The zero-order valence-electron chi connectivity index (χ0n) is 8.38. The summed E-state index contributed by atoms with van der Waals surface area (Å²) < 4.78 is 0. The average molecular weight is 172 g/mol. The van der Waals surface area contributed by atoms with Crippen LogP contribution in [0.3, 0.4) is 0 Å². The molecule has 0 aliphatic heterocycles. The first-order valence-electron chi connectivity index (χ1n) is 4.56. The molecular formula is C13H16. The maximum absolute atomic E-state index is 3.81. The second-order valence-corrected chi connectivity index (χ2v) is 3.38. The van der Waals surface area contributed by atoms with Gasteiger partial charge < -0.3 is 0 Å². The minimum Gasteiger partial charge on any atom is -0.0961 e. The Morgan fingerprint density at radius 3 is 2.92 bits per heavy atom. The molecule has 0 spiro atoms. The van der Waals surface area contributed by atoms with E-state index in [9.17, 15) is 0 Å². The van der Waals surface area contributed by atoms with Gasteiger partial charge in [0.25, 0.3) is 0 Å². The van der Waals surface area contributed by atoms with Gasteiger partial charge in [0.1, 0.15) is 0 Å². The average Bonchev–Trinajstić information content (AvgIpc) is 2.08. The Morgan fingerprint density at radius 1 is 1.54 bits per heavy atom.